The fourth-order valence-corrected chi connectivity index (χ4v) is 1.35. The second-order valence-electron chi connectivity index (χ2n) is 3.64. The first kappa shape index (κ1) is 12.1. The Bertz CT molecular complexity index is 361. The summed E-state index contributed by atoms with van der Waals surface area (Å²) in [4.78, 5) is 0. The summed E-state index contributed by atoms with van der Waals surface area (Å²) < 4.78 is 5.53. The topological polar surface area (TPSA) is 35.2 Å². The van der Waals surface area contributed by atoms with E-state index in [9.17, 15) is 0 Å². The molecule has 0 fully saturated rings. The van der Waals surface area contributed by atoms with Crippen molar-refractivity contribution in [1.29, 1.82) is 0 Å². The van der Waals surface area contributed by atoms with Crippen molar-refractivity contribution in [3.8, 4) is 5.75 Å². The van der Waals surface area contributed by atoms with Gasteiger partial charge < -0.3 is 10.5 Å². The lowest BCUT2D eigenvalue weighted by Gasteiger charge is -2.14. The molecule has 2 N–H and O–H groups in total. The molecule has 1 aromatic carbocycles. The van der Waals surface area contributed by atoms with Crippen LogP contribution in [-0.4, -0.2) is 6.61 Å². The summed E-state index contributed by atoms with van der Waals surface area (Å²) in [5.74, 6) is 0.784. The van der Waals surface area contributed by atoms with Gasteiger partial charge in [-0.2, -0.15) is 0 Å². The highest BCUT2D eigenvalue weighted by Gasteiger charge is 2.08. The molecule has 0 bridgehead atoms. The molecule has 1 atom stereocenters. The first-order valence-corrected chi connectivity index (χ1v) is 5.20. The third kappa shape index (κ3) is 3.57. The first-order valence-electron chi connectivity index (χ1n) is 4.83. The van der Waals surface area contributed by atoms with Crippen molar-refractivity contribution in [2.75, 3.05) is 6.61 Å². The van der Waals surface area contributed by atoms with E-state index in [2.05, 4.69) is 6.58 Å². The van der Waals surface area contributed by atoms with E-state index >= 15 is 0 Å². The molecule has 0 aliphatic carbocycles. The fraction of sp³-hybridized carbons (Fsp3) is 0.333. The molecule has 82 valence electrons. The molecular weight excluding hydrogens is 210 g/mol. The molecular formula is C12H16ClNO. The van der Waals surface area contributed by atoms with E-state index < -0.39 is 0 Å². The standard InChI is InChI=1S/C12H16ClNO/c1-8-4-5-11(10(3)14)12(6-8)15-7-9(2)13/h4-6,10H,2,7,14H2,1,3H3/t10-/m1/s1. The van der Waals surface area contributed by atoms with Gasteiger partial charge in [0.05, 0.1) is 0 Å². The Labute approximate surface area is 95.7 Å². The lowest BCUT2D eigenvalue weighted by atomic mass is 10.1. The van der Waals surface area contributed by atoms with Crippen LogP contribution in [0.2, 0.25) is 0 Å². The van der Waals surface area contributed by atoms with Crippen LogP contribution < -0.4 is 10.5 Å². The highest BCUT2D eigenvalue weighted by Crippen LogP contribution is 2.25. The molecule has 0 spiro atoms. The largest absolute Gasteiger partial charge is 0.488 e. The summed E-state index contributed by atoms with van der Waals surface area (Å²) in [5, 5.41) is 0.479. The van der Waals surface area contributed by atoms with Crippen molar-refractivity contribution < 1.29 is 4.74 Å². The van der Waals surface area contributed by atoms with Crippen LogP contribution in [0.4, 0.5) is 0 Å². The average molecular weight is 226 g/mol. The van der Waals surface area contributed by atoms with Gasteiger partial charge in [-0.15, -0.1) is 0 Å². The molecule has 2 nitrogen and oxygen atoms in total. The average Bonchev–Trinajstić information content (AvgIpc) is 2.14. The number of ether oxygens (including phenoxy) is 1. The maximum absolute atomic E-state index is 5.84. The lowest BCUT2D eigenvalue weighted by molar-refractivity contribution is 0.353. The van der Waals surface area contributed by atoms with Crippen molar-refractivity contribution >= 4 is 11.6 Å². The Hall–Kier alpha value is -0.990. The number of hydrogen-bond donors (Lipinski definition) is 1. The van der Waals surface area contributed by atoms with Crippen LogP contribution in [0, 0.1) is 6.92 Å². The smallest absolute Gasteiger partial charge is 0.124 e. The normalized spacial score (nSPS) is 12.3. The second kappa shape index (κ2) is 5.19. The van der Waals surface area contributed by atoms with E-state index in [1.54, 1.807) is 0 Å². The molecule has 0 amide bonds. The number of halogens is 1. The van der Waals surface area contributed by atoms with Crippen LogP contribution >= 0.6 is 11.6 Å². The minimum Gasteiger partial charge on any atom is -0.488 e. The fourth-order valence-electron chi connectivity index (χ4n) is 1.30. The van der Waals surface area contributed by atoms with Gasteiger partial charge in [-0.05, 0) is 25.5 Å². The molecule has 15 heavy (non-hydrogen) atoms. The number of rotatable bonds is 4. The molecule has 0 heterocycles. The number of benzene rings is 1. The minimum absolute atomic E-state index is 0.0517. The Morgan fingerprint density at radius 2 is 2.27 bits per heavy atom. The lowest BCUT2D eigenvalue weighted by Crippen LogP contribution is -2.08. The summed E-state index contributed by atoms with van der Waals surface area (Å²) in [5.41, 5.74) is 7.95. The Balaban J connectivity index is 2.91. The molecule has 1 aromatic rings. The Morgan fingerprint density at radius 3 is 2.80 bits per heavy atom. The van der Waals surface area contributed by atoms with E-state index in [1.165, 1.54) is 0 Å². The predicted octanol–water partition coefficient (Wildman–Crippen LogP) is 3.15. The van der Waals surface area contributed by atoms with Crippen molar-refractivity contribution in [2.24, 2.45) is 5.73 Å². The van der Waals surface area contributed by atoms with Crippen LogP contribution in [-0.2, 0) is 0 Å². The number of hydrogen-bond acceptors (Lipinski definition) is 2. The van der Waals surface area contributed by atoms with Crippen molar-refractivity contribution in [3.63, 3.8) is 0 Å². The van der Waals surface area contributed by atoms with Gasteiger partial charge in [-0.3, -0.25) is 0 Å². The van der Waals surface area contributed by atoms with Crippen molar-refractivity contribution in [3.05, 3.63) is 40.9 Å². The molecule has 0 aliphatic rings. The van der Waals surface area contributed by atoms with E-state index in [0.717, 1.165) is 16.9 Å². The Morgan fingerprint density at radius 1 is 1.60 bits per heavy atom. The van der Waals surface area contributed by atoms with Gasteiger partial charge in [-0.25, -0.2) is 0 Å². The van der Waals surface area contributed by atoms with Gasteiger partial charge in [-0.1, -0.05) is 30.3 Å². The number of nitrogens with two attached hydrogens (primary N) is 1. The minimum atomic E-state index is -0.0517. The van der Waals surface area contributed by atoms with Gasteiger partial charge in [0.25, 0.3) is 0 Å². The predicted molar refractivity (Wildman–Crippen MR) is 64.3 cm³/mol. The zero-order valence-corrected chi connectivity index (χ0v) is 9.84. The molecule has 0 aromatic heterocycles. The summed E-state index contributed by atoms with van der Waals surface area (Å²) in [6.07, 6.45) is 0. The van der Waals surface area contributed by atoms with Gasteiger partial charge in [0.1, 0.15) is 12.4 Å². The molecule has 0 saturated carbocycles. The Kier molecular flexibility index (Phi) is 4.18. The molecule has 0 aliphatic heterocycles. The quantitative estimate of drug-likeness (QED) is 0.855. The van der Waals surface area contributed by atoms with Gasteiger partial charge >= 0.3 is 0 Å². The van der Waals surface area contributed by atoms with E-state index in [0.29, 0.717) is 11.6 Å². The second-order valence-corrected chi connectivity index (χ2v) is 4.17. The third-order valence-electron chi connectivity index (χ3n) is 2.04. The highest BCUT2D eigenvalue weighted by atomic mass is 35.5. The SMILES string of the molecule is C=C(Cl)COc1cc(C)ccc1[C@@H](C)N. The maximum Gasteiger partial charge on any atom is 0.124 e. The van der Waals surface area contributed by atoms with Gasteiger partial charge in [0.2, 0.25) is 0 Å². The van der Waals surface area contributed by atoms with Crippen LogP contribution in [0.5, 0.6) is 5.75 Å². The van der Waals surface area contributed by atoms with Gasteiger partial charge in [0.15, 0.2) is 0 Å². The third-order valence-corrected chi connectivity index (χ3v) is 2.15. The van der Waals surface area contributed by atoms with Crippen LogP contribution in [0.25, 0.3) is 0 Å². The van der Waals surface area contributed by atoms with E-state index in [-0.39, 0.29) is 6.04 Å². The molecule has 0 radical (unpaired) electrons. The van der Waals surface area contributed by atoms with Crippen LogP contribution in [0.3, 0.4) is 0 Å². The van der Waals surface area contributed by atoms with Crippen LogP contribution in [0.1, 0.15) is 24.1 Å². The highest BCUT2D eigenvalue weighted by molar-refractivity contribution is 6.29. The number of aryl methyl sites for hydroxylation is 1. The van der Waals surface area contributed by atoms with Crippen molar-refractivity contribution in [2.45, 2.75) is 19.9 Å². The molecule has 1 rings (SSSR count). The zero-order valence-electron chi connectivity index (χ0n) is 9.09. The maximum atomic E-state index is 5.84. The molecule has 0 saturated heterocycles. The summed E-state index contributed by atoms with van der Waals surface area (Å²) in [6, 6.07) is 5.90. The molecule has 3 heteroatoms. The van der Waals surface area contributed by atoms with E-state index in [4.69, 9.17) is 22.1 Å². The summed E-state index contributed by atoms with van der Waals surface area (Å²) in [7, 11) is 0. The first-order chi connectivity index (χ1) is 7.00. The van der Waals surface area contributed by atoms with Gasteiger partial charge in [0, 0.05) is 16.6 Å². The zero-order chi connectivity index (χ0) is 11.4. The summed E-state index contributed by atoms with van der Waals surface area (Å²) >= 11 is 5.65. The van der Waals surface area contributed by atoms with E-state index in [1.807, 2.05) is 32.0 Å². The molecule has 0 unspecified atom stereocenters. The summed E-state index contributed by atoms with van der Waals surface area (Å²) in [6.45, 7) is 7.82. The van der Waals surface area contributed by atoms with Crippen LogP contribution in [0.15, 0.2) is 29.8 Å². The van der Waals surface area contributed by atoms with Crippen molar-refractivity contribution in [1.82, 2.24) is 0 Å². The monoisotopic (exact) mass is 225 g/mol.